The fraction of sp³-hybridized carbons (Fsp3) is 0.429. The minimum absolute atomic E-state index is 0.00259. The molecule has 0 spiro atoms. The number of aliphatic hydroxyl groups excluding tert-OH is 1. The van der Waals surface area contributed by atoms with Crippen LogP contribution in [-0.4, -0.2) is 40.4 Å². The number of ether oxygens (including phenoxy) is 1. The van der Waals surface area contributed by atoms with E-state index in [1.165, 1.54) is 7.11 Å². The lowest BCUT2D eigenvalue weighted by Gasteiger charge is -2.13. The second-order valence-electron chi connectivity index (χ2n) is 4.51. The quantitative estimate of drug-likeness (QED) is 0.759. The molecule has 2 N–H and O–H groups in total. The third-order valence-electron chi connectivity index (χ3n) is 2.61. The molecule has 0 aliphatic rings. The molecule has 0 saturated carbocycles. The van der Waals surface area contributed by atoms with Crippen LogP contribution in [0.2, 0.25) is 0 Å². The summed E-state index contributed by atoms with van der Waals surface area (Å²) in [6.07, 6.45) is 0. The number of nitrogens with one attached hydrogen (secondary N) is 1. The summed E-state index contributed by atoms with van der Waals surface area (Å²) in [5.41, 5.74) is 0.0101. The van der Waals surface area contributed by atoms with Crippen LogP contribution in [0.25, 0.3) is 0 Å². The highest BCUT2D eigenvalue weighted by molar-refractivity contribution is 7.89. The number of sulfonamides is 1. The Bertz CT molecular complexity index is 634. The first-order chi connectivity index (χ1) is 9.90. The predicted octanol–water partition coefficient (Wildman–Crippen LogP) is 0.730. The van der Waals surface area contributed by atoms with E-state index in [-0.39, 0.29) is 22.9 Å². The Kier molecular flexibility index (Phi) is 6.78. The van der Waals surface area contributed by atoms with Gasteiger partial charge in [-0.25, -0.2) is 17.5 Å². The SMILES string of the molecule is COCC(C)CNS(=O)(=O)c1ccc(F)cc1C#CCO. The van der Waals surface area contributed by atoms with Gasteiger partial charge in [-0.1, -0.05) is 18.8 Å². The lowest BCUT2D eigenvalue weighted by Crippen LogP contribution is -2.30. The zero-order valence-electron chi connectivity index (χ0n) is 11.9. The van der Waals surface area contributed by atoms with Crippen LogP contribution in [-0.2, 0) is 14.8 Å². The lowest BCUT2D eigenvalue weighted by atomic mass is 10.2. The first kappa shape index (κ1) is 17.6. The highest BCUT2D eigenvalue weighted by Crippen LogP contribution is 2.16. The van der Waals surface area contributed by atoms with Crippen molar-refractivity contribution in [1.29, 1.82) is 0 Å². The molecule has 21 heavy (non-hydrogen) atoms. The summed E-state index contributed by atoms with van der Waals surface area (Å²) < 4.78 is 45.0. The monoisotopic (exact) mass is 315 g/mol. The Balaban J connectivity index is 3.02. The van der Waals surface area contributed by atoms with Crippen molar-refractivity contribution in [2.75, 3.05) is 26.9 Å². The van der Waals surface area contributed by atoms with E-state index in [1.54, 1.807) is 0 Å². The summed E-state index contributed by atoms with van der Waals surface area (Å²) in [4.78, 5) is -0.116. The minimum Gasteiger partial charge on any atom is -0.384 e. The molecule has 0 aliphatic carbocycles. The van der Waals surface area contributed by atoms with Gasteiger partial charge in [-0.2, -0.15) is 0 Å². The first-order valence-corrected chi connectivity index (χ1v) is 7.77. The van der Waals surface area contributed by atoms with E-state index in [2.05, 4.69) is 16.6 Å². The fourth-order valence-electron chi connectivity index (χ4n) is 1.64. The van der Waals surface area contributed by atoms with Crippen LogP contribution in [0.3, 0.4) is 0 Å². The Morgan fingerprint density at radius 2 is 2.19 bits per heavy atom. The van der Waals surface area contributed by atoms with Gasteiger partial charge in [-0.3, -0.25) is 0 Å². The number of benzene rings is 1. The van der Waals surface area contributed by atoms with Gasteiger partial charge in [-0.05, 0) is 24.1 Å². The Hall–Kier alpha value is -1.46. The summed E-state index contributed by atoms with van der Waals surface area (Å²) in [6.45, 7) is 2.01. The number of aliphatic hydroxyl groups is 1. The normalized spacial score (nSPS) is 12.6. The molecule has 0 heterocycles. The maximum Gasteiger partial charge on any atom is 0.241 e. The van der Waals surface area contributed by atoms with Crippen molar-refractivity contribution in [2.45, 2.75) is 11.8 Å². The molecule has 1 aromatic carbocycles. The number of rotatable bonds is 6. The van der Waals surface area contributed by atoms with Crippen molar-refractivity contribution in [3.05, 3.63) is 29.6 Å². The zero-order valence-corrected chi connectivity index (χ0v) is 12.7. The zero-order chi connectivity index (χ0) is 15.9. The van der Waals surface area contributed by atoms with Crippen LogP contribution in [0.1, 0.15) is 12.5 Å². The van der Waals surface area contributed by atoms with Gasteiger partial charge in [0.25, 0.3) is 0 Å². The molecule has 0 radical (unpaired) electrons. The molecule has 1 rings (SSSR count). The molecule has 1 atom stereocenters. The van der Waals surface area contributed by atoms with Gasteiger partial charge < -0.3 is 9.84 Å². The topological polar surface area (TPSA) is 75.6 Å². The van der Waals surface area contributed by atoms with E-state index in [1.807, 2.05) is 6.92 Å². The van der Waals surface area contributed by atoms with Crippen molar-refractivity contribution in [3.63, 3.8) is 0 Å². The van der Waals surface area contributed by atoms with Crippen molar-refractivity contribution in [3.8, 4) is 11.8 Å². The molecule has 5 nitrogen and oxygen atoms in total. The third kappa shape index (κ3) is 5.44. The van der Waals surface area contributed by atoms with Crippen LogP contribution >= 0.6 is 0 Å². The minimum atomic E-state index is -3.81. The van der Waals surface area contributed by atoms with E-state index < -0.39 is 22.4 Å². The van der Waals surface area contributed by atoms with E-state index in [4.69, 9.17) is 9.84 Å². The van der Waals surface area contributed by atoms with E-state index in [9.17, 15) is 12.8 Å². The third-order valence-corrected chi connectivity index (χ3v) is 4.09. The number of halogens is 1. The lowest BCUT2D eigenvalue weighted by molar-refractivity contribution is 0.161. The average Bonchev–Trinajstić information content (AvgIpc) is 2.43. The van der Waals surface area contributed by atoms with Gasteiger partial charge in [0.15, 0.2) is 0 Å². The summed E-state index contributed by atoms with van der Waals surface area (Å²) in [5, 5.41) is 8.68. The Morgan fingerprint density at radius 1 is 1.48 bits per heavy atom. The van der Waals surface area contributed by atoms with Gasteiger partial charge in [-0.15, -0.1) is 0 Å². The van der Waals surface area contributed by atoms with Crippen LogP contribution in [0.4, 0.5) is 4.39 Å². The fourth-order valence-corrected chi connectivity index (χ4v) is 2.95. The maximum atomic E-state index is 13.2. The summed E-state index contributed by atoms with van der Waals surface area (Å²) in [6, 6.07) is 3.23. The van der Waals surface area contributed by atoms with Gasteiger partial charge in [0.1, 0.15) is 12.4 Å². The van der Waals surface area contributed by atoms with Crippen molar-refractivity contribution >= 4 is 10.0 Å². The van der Waals surface area contributed by atoms with Crippen LogP contribution < -0.4 is 4.72 Å². The Morgan fingerprint density at radius 3 is 2.81 bits per heavy atom. The molecule has 1 aromatic rings. The smallest absolute Gasteiger partial charge is 0.241 e. The molecule has 116 valence electrons. The molecule has 1 unspecified atom stereocenters. The van der Waals surface area contributed by atoms with Gasteiger partial charge in [0.05, 0.1) is 4.90 Å². The molecule has 0 amide bonds. The van der Waals surface area contributed by atoms with Crippen LogP contribution in [0.15, 0.2) is 23.1 Å². The number of hydrogen-bond acceptors (Lipinski definition) is 4. The molecule has 0 aromatic heterocycles. The second-order valence-corrected chi connectivity index (χ2v) is 6.25. The molecule has 0 aliphatic heterocycles. The summed E-state index contributed by atoms with van der Waals surface area (Å²) in [7, 11) is -2.27. The highest BCUT2D eigenvalue weighted by Gasteiger charge is 2.19. The Labute approximate surface area is 124 Å². The van der Waals surface area contributed by atoms with Gasteiger partial charge >= 0.3 is 0 Å². The summed E-state index contributed by atoms with van der Waals surface area (Å²) >= 11 is 0. The van der Waals surface area contributed by atoms with Crippen LogP contribution in [0.5, 0.6) is 0 Å². The predicted molar refractivity (Wildman–Crippen MR) is 76.6 cm³/mol. The van der Waals surface area contributed by atoms with Crippen LogP contribution in [0, 0.1) is 23.6 Å². The van der Waals surface area contributed by atoms with Crippen molar-refractivity contribution < 1.29 is 22.7 Å². The molecule has 7 heteroatoms. The van der Waals surface area contributed by atoms with E-state index >= 15 is 0 Å². The molecule has 0 bridgehead atoms. The van der Waals surface area contributed by atoms with E-state index in [0.717, 1.165) is 18.2 Å². The van der Waals surface area contributed by atoms with E-state index in [0.29, 0.717) is 6.61 Å². The van der Waals surface area contributed by atoms with Crippen molar-refractivity contribution in [1.82, 2.24) is 4.72 Å². The first-order valence-electron chi connectivity index (χ1n) is 6.28. The second kappa shape index (κ2) is 8.10. The number of hydrogen-bond donors (Lipinski definition) is 2. The molecule has 0 saturated heterocycles. The standard InChI is InChI=1S/C14H18FNO4S/c1-11(10-20-2)9-16-21(18,19)14-6-5-13(15)8-12(14)4-3-7-17/h5-6,8,11,16-17H,7,9-10H2,1-2H3. The van der Waals surface area contributed by atoms with Gasteiger partial charge in [0, 0.05) is 25.8 Å². The largest absolute Gasteiger partial charge is 0.384 e. The van der Waals surface area contributed by atoms with Crippen molar-refractivity contribution in [2.24, 2.45) is 5.92 Å². The number of methoxy groups -OCH3 is 1. The highest BCUT2D eigenvalue weighted by atomic mass is 32.2. The van der Waals surface area contributed by atoms with Gasteiger partial charge in [0.2, 0.25) is 10.0 Å². The average molecular weight is 315 g/mol. The molecule has 0 fully saturated rings. The molecular formula is C14H18FNO4S. The summed E-state index contributed by atoms with van der Waals surface area (Å²) in [5.74, 6) is 4.16. The maximum absolute atomic E-state index is 13.2. The molecular weight excluding hydrogens is 297 g/mol.